The van der Waals surface area contributed by atoms with E-state index in [0.29, 0.717) is 0 Å². The van der Waals surface area contributed by atoms with E-state index in [1.54, 1.807) is 0 Å². The normalized spacial score (nSPS) is 11.8. The molecule has 8 aromatic heterocycles. The fraction of sp³-hybridized carbons (Fsp3) is 0.0323. The van der Waals surface area contributed by atoms with E-state index < -0.39 is 0 Å². The Labute approximate surface area is 762 Å². The molecule has 28 aromatic rings. The van der Waals surface area contributed by atoms with Crippen LogP contribution in [0.1, 0.15) is 22.3 Å². The van der Waals surface area contributed by atoms with Gasteiger partial charge in [-0.05, 0) is 240 Å². The third-order valence-electron chi connectivity index (χ3n) is 27.1. The van der Waals surface area contributed by atoms with E-state index in [2.05, 4.69) is 525 Å². The Kier molecular flexibility index (Phi) is 18.3. The highest BCUT2D eigenvalue weighted by molar-refractivity contribution is 6.18. The van der Waals surface area contributed by atoms with Crippen LogP contribution in [0.15, 0.2) is 461 Å². The number of aromatic nitrogens is 8. The molecule has 20 aromatic carbocycles. The topological polar surface area (TPSA) is 39.4 Å². The van der Waals surface area contributed by atoms with Crippen molar-refractivity contribution in [2.24, 2.45) is 0 Å². The number of nitrogens with zero attached hydrogens (tertiary/aromatic N) is 8. The van der Waals surface area contributed by atoms with Crippen molar-refractivity contribution in [3.8, 4) is 45.5 Å². The molecule has 0 spiro atoms. The molecule has 0 N–H and O–H groups in total. The summed E-state index contributed by atoms with van der Waals surface area (Å²) in [5.41, 5.74) is 34.4. The standard InChI is InChI=1S/4C31H22N2/c1-21-9-8-10-22(19-21)32-30-16-7-4-13-26(30)27-20-23(17-18-31(27)32)33-28-14-5-2-11-24(28)25-12-3-6-15-29(25)33;1-21-14-16-22(17-15-21)32-30-13-7-4-10-26(30)27-20-23(18-19-31(27)32)33-28-11-5-2-8-24(28)25-9-3-6-12-29(25)33;1-21-15-17-30-26(19-21)24-11-5-8-14-29(24)33(30)23-16-18-31-27(20-23)25-12-6-7-13-28(25)32(31)22-9-3-2-4-10-22;1-21-15-17-30-26(19-21)27-20-23(16-18-31(27)32(30)22-9-3-2-4-10-22)33-28-13-7-5-11-24(28)25-12-6-8-14-29(25)33/h4*2-20H,1H3. The van der Waals surface area contributed by atoms with Gasteiger partial charge in [0.15, 0.2) is 0 Å². The molecule has 28 rings (SSSR count). The molecule has 0 amide bonds. The van der Waals surface area contributed by atoms with Crippen LogP contribution in [0, 0.1) is 27.7 Å². The highest BCUT2D eigenvalue weighted by Gasteiger charge is 2.23. The SMILES string of the molecule is Cc1ccc(-n2c3ccccc3c3cc(-n4c5ccccc5c5ccccc54)ccc32)cc1.Cc1ccc2c(c1)c1cc(-n3c4ccccc4c4ccccc43)ccc1n2-c1ccccc1.Cc1ccc2c(c1)c1ccccc1n2-c1ccc2c(c1)c1ccccc1n2-c1ccccc1.Cc1cccc(-n2c3ccccc3c3cc(-n4c5ccccc5c5ccccc54)ccc32)c1. The Balaban J connectivity index is 0.0000000945. The van der Waals surface area contributed by atoms with Crippen LogP contribution in [0.25, 0.3) is 220 Å². The maximum atomic E-state index is 2.40. The van der Waals surface area contributed by atoms with Gasteiger partial charge in [0, 0.05) is 132 Å². The fourth-order valence-corrected chi connectivity index (χ4v) is 21.3. The summed E-state index contributed by atoms with van der Waals surface area (Å²) in [5, 5.41) is 20.5. The third-order valence-corrected chi connectivity index (χ3v) is 27.1. The lowest BCUT2D eigenvalue weighted by atomic mass is 10.1. The van der Waals surface area contributed by atoms with Gasteiger partial charge >= 0.3 is 0 Å². The van der Waals surface area contributed by atoms with Crippen LogP contribution in [-0.2, 0) is 0 Å². The maximum absolute atomic E-state index is 2.40. The van der Waals surface area contributed by atoms with Gasteiger partial charge in [-0.15, -0.1) is 0 Å². The molecule has 0 aliphatic carbocycles. The van der Waals surface area contributed by atoms with Gasteiger partial charge in [0.1, 0.15) is 0 Å². The molecule has 0 fully saturated rings. The van der Waals surface area contributed by atoms with Gasteiger partial charge in [0.25, 0.3) is 0 Å². The molecule has 0 aliphatic heterocycles. The number of benzene rings is 20. The second kappa shape index (κ2) is 31.4. The van der Waals surface area contributed by atoms with E-state index in [1.165, 1.54) is 242 Å². The number of para-hydroxylation sites is 12. The summed E-state index contributed by atoms with van der Waals surface area (Å²) in [4.78, 5) is 0. The van der Waals surface area contributed by atoms with Crippen molar-refractivity contribution >= 4 is 174 Å². The number of aryl methyl sites for hydroxylation is 4. The second-order valence-electron chi connectivity index (χ2n) is 35.0. The highest BCUT2D eigenvalue weighted by Crippen LogP contribution is 2.44. The maximum Gasteiger partial charge on any atom is 0.0542 e. The monoisotopic (exact) mass is 1690 g/mol. The zero-order chi connectivity index (χ0) is 87.8. The summed E-state index contributed by atoms with van der Waals surface area (Å²) in [5.74, 6) is 0. The number of rotatable bonds is 8. The lowest BCUT2D eigenvalue weighted by molar-refractivity contribution is 1.16. The van der Waals surface area contributed by atoms with Crippen LogP contribution in [-0.4, -0.2) is 36.5 Å². The van der Waals surface area contributed by atoms with E-state index in [9.17, 15) is 0 Å². The van der Waals surface area contributed by atoms with Gasteiger partial charge in [-0.1, -0.05) is 271 Å². The second-order valence-corrected chi connectivity index (χ2v) is 35.0. The molecule has 8 heteroatoms. The van der Waals surface area contributed by atoms with Gasteiger partial charge < -0.3 is 36.5 Å². The predicted octanol–water partition coefficient (Wildman–Crippen LogP) is 32.8. The van der Waals surface area contributed by atoms with Crippen LogP contribution < -0.4 is 0 Å². The summed E-state index contributed by atoms with van der Waals surface area (Å²) in [6, 6.07) is 167. The summed E-state index contributed by atoms with van der Waals surface area (Å²) < 4.78 is 19.1. The molecule has 0 atom stereocenters. The van der Waals surface area contributed by atoms with Crippen molar-refractivity contribution in [1.29, 1.82) is 0 Å². The molecule has 0 bridgehead atoms. The molecule has 0 radical (unpaired) electrons. The third kappa shape index (κ3) is 12.6. The minimum atomic E-state index is 1.18. The van der Waals surface area contributed by atoms with Crippen molar-refractivity contribution in [2.45, 2.75) is 27.7 Å². The Morgan fingerprint density at radius 1 is 0.0985 bits per heavy atom. The van der Waals surface area contributed by atoms with Crippen LogP contribution in [0.3, 0.4) is 0 Å². The predicted molar refractivity (Wildman–Crippen MR) is 559 cm³/mol. The zero-order valence-corrected chi connectivity index (χ0v) is 73.5. The molecular weight excluding hydrogens is 1600 g/mol. The molecule has 0 saturated heterocycles. The van der Waals surface area contributed by atoms with Crippen LogP contribution in [0.2, 0.25) is 0 Å². The first-order valence-electron chi connectivity index (χ1n) is 45.5. The fourth-order valence-electron chi connectivity index (χ4n) is 21.3. The Bertz CT molecular complexity index is 9300. The van der Waals surface area contributed by atoms with E-state index in [1.807, 2.05) is 0 Å². The quantitative estimate of drug-likeness (QED) is 0.145. The first kappa shape index (κ1) is 77.2. The van der Waals surface area contributed by atoms with Crippen molar-refractivity contribution in [3.05, 3.63) is 483 Å². The van der Waals surface area contributed by atoms with E-state index in [-0.39, 0.29) is 0 Å². The van der Waals surface area contributed by atoms with Crippen LogP contribution in [0.4, 0.5) is 0 Å². The summed E-state index contributed by atoms with van der Waals surface area (Å²) in [6.07, 6.45) is 0. The average molecular weight is 1690 g/mol. The van der Waals surface area contributed by atoms with Gasteiger partial charge in [-0.2, -0.15) is 0 Å². The van der Waals surface area contributed by atoms with Crippen LogP contribution >= 0.6 is 0 Å². The molecule has 624 valence electrons. The number of fused-ring (bicyclic) bond motifs is 24. The highest BCUT2D eigenvalue weighted by atomic mass is 15.0. The van der Waals surface area contributed by atoms with Gasteiger partial charge in [-0.25, -0.2) is 0 Å². The Hall–Kier alpha value is -17.2. The molecule has 8 nitrogen and oxygen atoms in total. The van der Waals surface area contributed by atoms with Gasteiger partial charge in [0.2, 0.25) is 0 Å². The van der Waals surface area contributed by atoms with Crippen LogP contribution in [0.5, 0.6) is 0 Å². The number of hydrogen-bond donors (Lipinski definition) is 0. The van der Waals surface area contributed by atoms with E-state index in [4.69, 9.17) is 0 Å². The summed E-state index contributed by atoms with van der Waals surface area (Å²) in [7, 11) is 0. The lowest BCUT2D eigenvalue weighted by Crippen LogP contribution is -1.96. The first-order chi connectivity index (χ1) is 65.2. The summed E-state index contributed by atoms with van der Waals surface area (Å²) in [6.45, 7) is 8.61. The average Bonchev–Trinajstić information content (AvgIpc) is 1.58. The lowest BCUT2D eigenvalue weighted by Gasteiger charge is -2.10. The minimum absolute atomic E-state index is 1.18. The van der Waals surface area contributed by atoms with E-state index >= 15 is 0 Å². The van der Waals surface area contributed by atoms with Crippen molar-refractivity contribution < 1.29 is 0 Å². The smallest absolute Gasteiger partial charge is 0.0542 e. The molecule has 132 heavy (non-hydrogen) atoms. The van der Waals surface area contributed by atoms with Gasteiger partial charge in [0.05, 0.1) is 88.3 Å². The molecule has 0 aliphatic rings. The Morgan fingerprint density at radius 2 is 0.258 bits per heavy atom. The molecule has 8 heterocycles. The largest absolute Gasteiger partial charge is 0.309 e. The van der Waals surface area contributed by atoms with Crippen molar-refractivity contribution in [1.82, 2.24) is 36.5 Å². The molecule has 0 saturated carbocycles. The van der Waals surface area contributed by atoms with Crippen molar-refractivity contribution in [2.75, 3.05) is 0 Å². The minimum Gasteiger partial charge on any atom is -0.309 e. The van der Waals surface area contributed by atoms with E-state index in [0.717, 1.165) is 0 Å². The molecule has 0 unspecified atom stereocenters. The van der Waals surface area contributed by atoms with Gasteiger partial charge in [-0.3, -0.25) is 0 Å². The Morgan fingerprint density at radius 3 is 0.523 bits per heavy atom. The first-order valence-corrected chi connectivity index (χ1v) is 45.5. The summed E-state index contributed by atoms with van der Waals surface area (Å²) >= 11 is 0. The number of hydrogen-bond acceptors (Lipinski definition) is 0. The van der Waals surface area contributed by atoms with Crippen molar-refractivity contribution in [3.63, 3.8) is 0 Å². The zero-order valence-electron chi connectivity index (χ0n) is 73.5. The molecular formula is C124H88N8.